The summed E-state index contributed by atoms with van der Waals surface area (Å²) in [6.45, 7) is 0. The summed E-state index contributed by atoms with van der Waals surface area (Å²) in [7, 11) is 0. The number of fused-ring (bicyclic) bond motifs is 5. The summed E-state index contributed by atoms with van der Waals surface area (Å²) >= 11 is 0. The maximum atomic E-state index is 4.41. The van der Waals surface area contributed by atoms with E-state index < -0.39 is 0 Å². The highest BCUT2D eigenvalue weighted by Gasteiger charge is 2.32. The van der Waals surface area contributed by atoms with Gasteiger partial charge in [-0.15, -0.1) is 0 Å². The van der Waals surface area contributed by atoms with E-state index in [1.54, 1.807) is 0 Å². The molecule has 4 rings (SSSR count). The number of hydrogen-bond acceptors (Lipinski definition) is 3. The molecule has 3 nitrogen and oxygen atoms in total. The summed E-state index contributed by atoms with van der Waals surface area (Å²) in [5, 5.41) is 8.50. The van der Waals surface area contributed by atoms with Crippen LogP contribution in [-0.4, -0.2) is 0 Å². The normalized spacial score (nSPS) is 23.6. The van der Waals surface area contributed by atoms with Gasteiger partial charge in [0.1, 0.15) is 6.04 Å². The van der Waals surface area contributed by atoms with Gasteiger partial charge >= 0.3 is 0 Å². The topological polar surface area (TPSA) is 36.8 Å². The first-order valence-corrected chi connectivity index (χ1v) is 6.74. The van der Waals surface area contributed by atoms with E-state index in [1.165, 1.54) is 22.3 Å². The zero-order valence-electron chi connectivity index (χ0n) is 10.6. The standard InChI is InChI=1S/C16H15N3/c1-3-7-13-11(5-1)9-10-12-6-2-4-8-14(12)16-15(13)17-19-18-16/h1-8,15-16H,9-10H2,(H,17,18). The Morgan fingerprint density at radius 3 is 2.26 bits per heavy atom. The van der Waals surface area contributed by atoms with Gasteiger partial charge in [-0.2, -0.15) is 5.11 Å². The second-order valence-corrected chi connectivity index (χ2v) is 5.16. The van der Waals surface area contributed by atoms with E-state index in [-0.39, 0.29) is 12.1 Å². The van der Waals surface area contributed by atoms with Crippen LogP contribution in [0.5, 0.6) is 0 Å². The second-order valence-electron chi connectivity index (χ2n) is 5.16. The van der Waals surface area contributed by atoms with E-state index in [0.717, 1.165) is 12.8 Å². The van der Waals surface area contributed by atoms with Gasteiger partial charge in [0, 0.05) is 0 Å². The lowest BCUT2D eigenvalue weighted by atomic mass is 9.84. The van der Waals surface area contributed by atoms with Gasteiger partial charge in [-0.1, -0.05) is 53.8 Å². The summed E-state index contributed by atoms with van der Waals surface area (Å²) < 4.78 is 0. The van der Waals surface area contributed by atoms with Gasteiger partial charge in [-0.25, -0.2) is 0 Å². The van der Waals surface area contributed by atoms with Gasteiger partial charge < -0.3 is 0 Å². The molecule has 0 aromatic heterocycles. The molecule has 0 saturated carbocycles. The van der Waals surface area contributed by atoms with Crippen LogP contribution in [0.3, 0.4) is 0 Å². The van der Waals surface area contributed by atoms with Gasteiger partial charge in [-0.3, -0.25) is 5.43 Å². The number of rotatable bonds is 0. The molecule has 1 aliphatic carbocycles. The van der Waals surface area contributed by atoms with Crippen molar-refractivity contribution in [3.8, 4) is 0 Å². The minimum Gasteiger partial charge on any atom is -0.282 e. The zero-order chi connectivity index (χ0) is 12.7. The fraction of sp³-hybridized carbons (Fsp3) is 0.250. The summed E-state index contributed by atoms with van der Waals surface area (Å²) in [4.78, 5) is 0. The Bertz CT molecular complexity index is 648. The number of benzene rings is 2. The molecule has 0 fully saturated rings. The molecule has 0 saturated heterocycles. The minimum atomic E-state index is 0.109. The van der Waals surface area contributed by atoms with Gasteiger partial charge in [0.2, 0.25) is 0 Å². The molecular weight excluding hydrogens is 234 g/mol. The first-order valence-electron chi connectivity index (χ1n) is 6.74. The van der Waals surface area contributed by atoms with Crippen LogP contribution in [0.2, 0.25) is 0 Å². The average molecular weight is 249 g/mol. The Hall–Kier alpha value is -2.16. The van der Waals surface area contributed by atoms with Crippen molar-refractivity contribution >= 4 is 0 Å². The van der Waals surface area contributed by atoms with Crippen molar-refractivity contribution in [3.05, 3.63) is 70.8 Å². The molecule has 1 aliphatic heterocycles. The molecule has 1 heterocycles. The van der Waals surface area contributed by atoms with Crippen LogP contribution in [0.1, 0.15) is 34.3 Å². The predicted octanol–water partition coefficient (Wildman–Crippen LogP) is 3.54. The molecule has 2 aromatic carbocycles. The molecule has 2 aliphatic rings. The number of nitrogens with zero attached hydrogens (tertiary/aromatic N) is 2. The van der Waals surface area contributed by atoms with E-state index in [2.05, 4.69) is 64.3 Å². The van der Waals surface area contributed by atoms with E-state index in [9.17, 15) is 0 Å². The Morgan fingerprint density at radius 2 is 1.47 bits per heavy atom. The monoisotopic (exact) mass is 249 g/mol. The summed E-state index contributed by atoms with van der Waals surface area (Å²) in [6, 6.07) is 17.5. The first kappa shape index (κ1) is 10.7. The molecular formula is C16H15N3. The van der Waals surface area contributed by atoms with E-state index >= 15 is 0 Å². The highest BCUT2D eigenvalue weighted by Crippen LogP contribution is 2.40. The molecule has 94 valence electrons. The molecule has 2 unspecified atom stereocenters. The molecule has 0 amide bonds. The van der Waals surface area contributed by atoms with Crippen LogP contribution in [-0.2, 0) is 12.8 Å². The fourth-order valence-electron chi connectivity index (χ4n) is 3.16. The number of hydrogen-bond donors (Lipinski definition) is 1. The Morgan fingerprint density at radius 1 is 0.842 bits per heavy atom. The van der Waals surface area contributed by atoms with Crippen molar-refractivity contribution in [2.24, 2.45) is 10.3 Å². The van der Waals surface area contributed by atoms with Crippen molar-refractivity contribution in [2.75, 3.05) is 0 Å². The van der Waals surface area contributed by atoms with E-state index in [0.29, 0.717) is 0 Å². The van der Waals surface area contributed by atoms with Crippen molar-refractivity contribution in [2.45, 2.75) is 24.9 Å². The summed E-state index contributed by atoms with van der Waals surface area (Å²) in [5.74, 6) is 0. The number of aryl methyl sites for hydroxylation is 2. The molecule has 2 aromatic rings. The van der Waals surface area contributed by atoms with Crippen LogP contribution >= 0.6 is 0 Å². The Kier molecular flexibility index (Phi) is 2.37. The van der Waals surface area contributed by atoms with Crippen molar-refractivity contribution in [1.29, 1.82) is 0 Å². The van der Waals surface area contributed by atoms with Crippen molar-refractivity contribution in [1.82, 2.24) is 5.43 Å². The minimum absolute atomic E-state index is 0.109. The largest absolute Gasteiger partial charge is 0.282 e. The molecule has 0 radical (unpaired) electrons. The lowest BCUT2D eigenvalue weighted by molar-refractivity contribution is 0.537. The Labute approximate surface area is 112 Å². The third-order valence-corrected chi connectivity index (χ3v) is 4.12. The maximum absolute atomic E-state index is 4.41. The smallest absolute Gasteiger partial charge is 0.124 e. The molecule has 1 N–H and O–H groups in total. The molecule has 3 heteroatoms. The lowest BCUT2D eigenvalue weighted by Gasteiger charge is -2.25. The highest BCUT2D eigenvalue weighted by atomic mass is 15.5. The molecule has 2 atom stereocenters. The molecule has 19 heavy (non-hydrogen) atoms. The van der Waals surface area contributed by atoms with Gasteiger partial charge in [0.05, 0.1) is 6.04 Å². The van der Waals surface area contributed by atoms with Crippen LogP contribution in [0.15, 0.2) is 58.9 Å². The second kappa shape index (κ2) is 4.19. The summed E-state index contributed by atoms with van der Waals surface area (Å²) in [6.07, 6.45) is 2.16. The summed E-state index contributed by atoms with van der Waals surface area (Å²) in [5.41, 5.74) is 8.64. The van der Waals surface area contributed by atoms with E-state index in [4.69, 9.17) is 0 Å². The van der Waals surface area contributed by atoms with Crippen LogP contribution in [0.4, 0.5) is 0 Å². The van der Waals surface area contributed by atoms with Gasteiger partial charge in [0.15, 0.2) is 0 Å². The SMILES string of the molecule is c1ccc2c(c1)CCc1ccccc1C1NN=NC21. The lowest BCUT2D eigenvalue weighted by Crippen LogP contribution is -2.21. The molecule has 0 bridgehead atoms. The Balaban J connectivity index is 1.89. The average Bonchev–Trinajstić information content (AvgIpc) is 2.92. The van der Waals surface area contributed by atoms with Gasteiger partial charge in [-0.05, 0) is 35.1 Å². The van der Waals surface area contributed by atoms with Crippen LogP contribution in [0, 0.1) is 0 Å². The third-order valence-electron chi connectivity index (χ3n) is 4.12. The molecule has 0 spiro atoms. The van der Waals surface area contributed by atoms with Gasteiger partial charge in [0.25, 0.3) is 0 Å². The van der Waals surface area contributed by atoms with Crippen LogP contribution < -0.4 is 5.43 Å². The fourth-order valence-corrected chi connectivity index (χ4v) is 3.16. The third kappa shape index (κ3) is 1.65. The van der Waals surface area contributed by atoms with Crippen molar-refractivity contribution in [3.63, 3.8) is 0 Å². The zero-order valence-corrected chi connectivity index (χ0v) is 10.6. The van der Waals surface area contributed by atoms with Crippen LogP contribution in [0.25, 0.3) is 0 Å². The quantitative estimate of drug-likeness (QED) is 0.761. The highest BCUT2D eigenvalue weighted by molar-refractivity contribution is 5.40. The first-order chi connectivity index (χ1) is 9.43. The maximum Gasteiger partial charge on any atom is 0.124 e. The van der Waals surface area contributed by atoms with Crippen molar-refractivity contribution < 1.29 is 0 Å². The number of nitrogens with one attached hydrogen (secondary N) is 1. The predicted molar refractivity (Wildman–Crippen MR) is 73.8 cm³/mol. The van der Waals surface area contributed by atoms with E-state index in [1.807, 2.05) is 0 Å².